The van der Waals surface area contributed by atoms with Crippen LogP contribution in [0.5, 0.6) is 0 Å². The van der Waals surface area contributed by atoms with Crippen molar-refractivity contribution in [2.24, 2.45) is 5.73 Å². The molecule has 0 atom stereocenters. The molecule has 3 aliphatic carbocycles. The Hall–Kier alpha value is -1.61. The summed E-state index contributed by atoms with van der Waals surface area (Å²) < 4.78 is 1.96. The smallest absolute Gasteiger partial charge is 0.0645 e. The molecule has 3 aliphatic rings. The highest BCUT2D eigenvalue weighted by Crippen LogP contribution is 2.66. The molecule has 2 N–H and O–H groups in total. The number of benzene rings is 1. The van der Waals surface area contributed by atoms with Crippen molar-refractivity contribution >= 4 is 0 Å². The number of hydrogen-bond donors (Lipinski definition) is 1. The normalized spacial score (nSPS) is 33.9. The summed E-state index contributed by atoms with van der Waals surface area (Å²) in [5.41, 5.74) is 9.10. The van der Waals surface area contributed by atoms with E-state index in [-0.39, 0.29) is 5.54 Å². The molecule has 3 fully saturated rings. The van der Waals surface area contributed by atoms with Gasteiger partial charge in [0.25, 0.3) is 0 Å². The second kappa shape index (κ2) is 2.79. The van der Waals surface area contributed by atoms with E-state index < -0.39 is 0 Å². The van der Waals surface area contributed by atoms with E-state index in [4.69, 9.17) is 5.73 Å². The van der Waals surface area contributed by atoms with Crippen molar-refractivity contribution in [3.63, 3.8) is 0 Å². The van der Waals surface area contributed by atoms with Gasteiger partial charge in [-0.05, 0) is 37.0 Å². The average molecular weight is 225 g/mol. The van der Waals surface area contributed by atoms with Crippen LogP contribution in [-0.4, -0.2) is 15.3 Å². The number of rotatable bonds is 2. The van der Waals surface area contributed by atoms with Gasteiger partial charge in [0.1, 0.15) is 0 Å². The van der Waals surface area contributed by atoms with Crippen LogP contribution in [-0.2, 0) is 5.41 Å². The van der Waals surface area contributed by atoms with Gasteiger partial charge in [-0.2, -0.15) is 5.10 Å². The fourth-order valence-electron chi connectivity index (χ4n) is 3.49. The largest absolute Gasteiger partial charge is 0.325 e. The predicted octanol–water partition coefficient (Wildman–Crippen LogP) is 2.01. The van der Waals surface area contributed by atoms with E-state index in [0.717, 1.165) is 24.9 Å². The number of para-hydroxylation sites is 1. The van der Waals surface area contributed by atoms with Crippen LogP contribution in [0, 0.1) is 0 Å². The minimum atomic E-state index is 0.162. The SMILES string of the molecule is NC12CC(c3cnn(-c4ccccc4)c3)(C1)C2. The minimum absolute atomic E-state index is 0.162. The molecule has 0 saturated heterocycles. The van der Waals surface area contributed by atoms with Gasteiger partial charge in [-0.1, -0.05) is 18.2 Å². The zero-order valence-electron chi connectivity index (χ0n) is 9.63. The van der Waals surface area contributed by atoms with E-state index in [1.54, 1.807) is 0 Å². The van der Waals surface area contributed by atoms with Crippen molar-refractivity contribution < 1.29 is 0 Å². The van der Waals surface area contributed by atoms with Crippen LogP contribution in [0.25, 0.3) is 5.69 Å². The highest BCUT2D eigenvalue weighted by molar-refractivity contribution is 5.41. The Bertz CT molecular complexity index is 550. The zero-order valence-corrected chi connectivity index (χ0v) is 9.63. The van der Waals surface area contributed by atoms with Gasteiger partial charge in [-0.3, -0.25) is 0 Å². The van der Waals surface area contributed by atoms with Gasteiger partial charge in [0.2, 0.25) is 0 Å². The summed E-state index contributed by atoms with van der Waals surface area (Å²) in [6.45, 7) is 0. The van der Waals surface area contributed by atoms with Gasteiger partial charge in [-0.15, -0.1) is 0 Å². The third kappa shape index (κ3) is 1.17. The van der Waals surface area contributed by atoms with Crippen LogP contribution in [0.3, 0.4) is 0 Å². The first-order valence-electron chi connectivity index (χ1n) is 6.09. The first-order chi connectivity index (χ1) is 8.19. The van der Waals surface area contributed by atoms with Crippen LogP contribution in [0.4, 0.5) is 0 Å². The Morgan fingerprint density at radius 3 is 2.47 bits per heavy atom. The van der Waals surface area contributed by atoms with Gasteiger partial charge < -0.3 is 5.73 Å². The van der Waals surface area contributed by atoms with Gasteiger partial charge in [0, 0.05) is 17.2 Å². The summed E-state index contributed by atoms with van der Waals surface area (Å²) in [6, 6.07) is 10.2. The lowest BCUT2D eigenvalue weighted by Gasteiger charge is -2.69. The quantitative estimate of drug-likeness (QED) is 0.849. The van der Waals surface area contributed by atoms with Crippen LogP contribution in [0.1, 0.15) is 24.8 Å². The maximum atomic E-state index is 6.10. The van der Waals surface area contributed by atoms with E-state index in [9.17, 15) is 0 Å². The Labute approximate surface area is 100 Å². The summed E-state index contributed by atoms with van der Waals surface area (Å²) in [5.74, 6) is 0. The summed E-state index contributed by atoms with van der Waals surface area (Å²) >= 11 is 0. The summed E-state index contributed by atoms with van der Waals surface area (Å²) in [4.78, 5) is 0. The van der Waals surface area contributed by atoms with E-state index in [2.05, 4.69) is 23.4 Å². The predicted molar refractivity (Wildman–Crippen MR) is 66.0 cm³/mol. The number of nitrogens with two attached hydrogens (primary N) is 1. The molecule has 86 valence electrons. The molecule has 0 spiro atoms. The van der Waals surface area contributed by atoms with Crippen LogP contribution < -0.4 is 5.73 Å². The van der Waals surface area contributed by atoms with Gasteiger partial charge in [0.15, 0.2) is 0 Å². The van der Waals surface area contributed by atoms with E-state index in [0.29, 0.717) is 5.41 Å². The molecule has 2 aromatic rings. The fourth-order valence-corrected chi connectivity index (χ4v) is 3.49. The maximum absolute atomic E-state index is 6.10. The first kappa shape index (κ1) is 9.42. The van der Waals surface area contributed by atoms with Crippen LogP contribution >= 0.6 is 0 Å². The molecule has 0 aliphatic heterocycles. The van der Waals surface area contributed by atoms with Crippen molar-refractivity contribution in [1.82, 2.24) is 9.78 Å². The molecule has 1 heterocycles. The van der Waals surface area contributed by atoms with Gasteiger partial charge >= 0.3 is 0 Å². The van der Waals surface area contributed by atoms with Gasteiger partial charge in [-0.25, -0.2) is 4.68 Å². The third-order valence-corrected chi connectivity index (χ3v) is 4.29. The Morgan fingerprint density at radius 2 is 1.82 bits per heavy atom. The second-order valence-corrected chi connectivity index (χ2v) is 5.68. The number of hydrogen-bond acceptors (Lipinski definition) is 2. The lowest BCUT2D eigenvalue weighted by atomic mass is 9.38. The minimum Gasteiger partial charge on any atom is -0.325 e. The highest BCUT2D eigenvalue weighted by Gasteiger charge is 2.66. The monoisotopic (exact) mass is 225 g/mol. The molecule has 0 unspecified atom stereocenters. The fraction of sp³-hybridized carbons (Fsp3) is 0.357. The summed E-state index contributed by atoms with van der Waals surface area (Å²) in [5, 5.41) is 4.46. The molecule has 3 heteroatoms. The molecule has 1 aromatic heterocycles. The standard InChI is InChI=1S/C14H15N3/c15-14-8-13(9-14,10-14)11-6-16-17(7-11)12-4-2-1-3-5-12/h1-7H,8-10,15H2. The number of aromatic nitrogens is 2. The molecule has 0 amide bonds. The van der Waals surface area contributed by atoms with Gasteiger partial charge in [0.05, 0.1) is 11.9 Å². The second-order valence-electron chi connectivity index (χ2n) is 5.68. The molecule has 5 rings (SSSR count). The summed E-state index contributed by atoms with van der Waals surface area (Å²) in [7, 11) is 0. The van der Waals surface area contributed by atoms with E-state index >= 15 is 0 Å². The molecule has 3 nitrogen and oxygen atoms in total. The van der Waals surface area contributed by atoms with Crippen molar-refractivity contribution in [1.29, 1.82) is 0 Å². The average Bonchev–Trinajstić information content (AvgIpc) is 2.74. The van der Waals surface area contributed by atoms with E-state index in [1.807, 2.05) is 29.1 Å². The molecule has 1 aromatic carbocycles. The highest BCUT2D eigenvalue weighted by atomic mass is 15.3. The van der Waals surface area contributed by atoms with Crippen molar-refractivity contribution in [2.75, 3.05) is 0 Å². The Kier molecular flexibility index (Phi) is 1.55. The zero-order chi connectivity index (χ0) is 11.5. The third-order valence-electron chi connectivity index (χ3n) is 4.29. The lowest BCUT2D eigenvalue weighted by Crippen LogP contribution is -2.74. The Balaban J connectivity index is 1.67. The van der Waals surface area contributed by atoms with Crippen molar-refractivity contribution in [3.05, 3.63) is 48.3 Å². The molecular formula is C14H15N3. The van der Waals surface area contributed by atoms with Crippen LogP contribution in [0.15, 0.2) is 42.7 Å². The topological polar surface area (TPSA) is 43.8 Å². The van der Waals surface area contributed by atoms with Crippen molar-refractivity contribution in [2.45, 2.75) is 30.2 Å². The first-order valence-corrected chi connectivity index (χ1v) is 6.09. The van der Waals surface area contributed by atoms with E-state index in [1.165, 1.54) is 5.56 Å². The summed E-state index contributed by atoms with van der Waals surface area (Å²) in [6.07, 6.45) is 7.58. The molecular weight excluding hydrogens is 210 g/mol. The number of nitrogens with zero attached hydrogens (tertiary/aromatic N) is 2. The molecule has 17 heavy (non-hydrogen) atoms. The Morgan fingerprint density at radius 1 is 1.12 bits per heavy atom. The van der Waals surface area contributed by atoms with Crippen LogP contribution in [0.2, 0.25) is 0 Å². The lowest BCUT2D eigenvalue weighted by molar-refractivity contribution is -0.0590. The molecule has 3 saturated carbocycles. The van der Waals surface area contributed by atoms with Crippen molar-refractivity contribution in [3.8, 4) is 5.69 Å². The molecule has 0 radical (unpaired) electrons. The molecule has 2 bridgehead atoms. The maximum Gasteiger partial charge on any atom is 0.0645 e.